The highest BCUT2D eigenvalue weighted by molar-refractivity contribution is 7.13. The van der Waals surface area contributed by atoms with E-state index in [-0.39, 0.29) is 0 Å². The number of thiazole rings is 1. The molecule has 0 unspecified atom stereocenters. The van der Waals surface area contributed by atoms with Crippen molar-refractivity contribution in [2.24, 2.45) is 5.10 Å². The molecule has 0 bridgehead atoms. The van der Waals surface area contributed by atoms with Gasteiger partial charge >= 0.3 is 6.18 Å². The van der Waals surface area contributed by atoms with Crippen LogP contribution in [0, 0.1) is 6.92 Å². The SMILES string of the molecule is Cc1csc(NN=Cc2ccc(-c3cc(C(F)(F)F)cnc3N(C)C)cc2)n1. The number of hydrazone groups is 1. The number of hydrogen-bond donors (Lipinski definition) is 1. The summed E-state index contributed by atoms with van der Waals surface area (Å²) in [6, 6.07) is 8.19. The molecule has 28 heavy (non-hydrogen) atoms. The molecule has 146 valence electrons. The number of aromatic nitrogens is 2. The van der Waals surface area contributed by atoms with Crippen LogP contribution in [-0.4, -0.2) is 30.3 Å². The number of pyridine rings is 1. The van der Waals surface area contributed by atoms with Gasteiger partial charge in [0.1, 0.15) is 5.82 Å². The van der Waals surface area contributed by atoms with Crippen molar-refractivity contribution in [3.05, 3.63) is 58.7 Å². The summed E-state index contributed by atoms with van der Waals surface area (Å²) in [5.41, 5.74) is 4.84. The average Bonchev–Trinajstić information content (AvgIpc) is 3.06. The monoisotopic (exact) mass is 405 g/mol. The summed E-state index contributed by atoms with van der Waals surface area (Å²) in [6.07, 6.45) is -1.97. The Hall–Kier alpha value is -2.94. The highest BCUT2D eigenvalue weighted by Crippen LogP contribution is 2.35. The lowest BCUT2D eigenvalue weighted by Gasteiger charge is -2.18. The van der Waals surface area contributed by atoms with Gasteiger partial charge in [-0.25, -0.2) is 9.97 Å². The largest absolute Gasteiger partial charge is 0.417 e. The van der Waals surface area contributed by atoms with Gasteiger partial charge in [-0.2, -0.15) is 18.3 Å². The Morgan fingerprint density at radius 3 is 2.46 bits per heavy atom. The predicted molar refractivity (Wildman–Crippen MR) is 107 cm³/mol. The van der Waals surface area contributed by atoms with E-state index < -0.39 is 11.7 Å². The van der Waals surface area contributed by atoms with E-state index >= 15 is 0 Å². The molecule has 0 aliphatic carbocycles. The summed E-state index contributed by atoms with van der Waals surface area (Å²) >= 11 is 1.45. The molecule has 1 N–H and O–H groups in total. The number of rotatable bonds is 5. The van der Waals surface area contributed by atoms with Gasteiger partial charge in [0, 0.05) is 31.2 Å². The number of halogens is 3. The summed E-state index contributed by atoms with van der Waals surface area (Å²) in [4.78, 5) is 9.92. The first-order chi connectivity index (χ1) is 13.2. The zero-order valence-corrected chi connectivity index (χ0v) is 16.3. The molecule has 1 aromatic carbocycles. The molecular weight excluding hydrogens is 387 g/mol. The number of aryl methyl sites for hydroxylation is 1. The molecule has 3 aromatic rings. The van der Waals surface area contributed by atoms with Crippen LogP contribution in [0.5, 0.6) is 0 Å². The molecule has 0 amide bonds. The maximum Gasteiger partial charge on any atom is 0.417 e. The lowest BCUT2D eigenvalue weighted by molar-refractivity contribution is -0.137. The Morgan fingerprint density at radius 1 is 1.18 bits per heavy atom. The van der Waals surface area contributed by atoms with Gasteiger partial charge in [-0.05, 0) is 24.1 Å². The first-order valence-corrected chi connectivity index (χ1v) is 9.18. The Kier molecular flexibility index (Phi) is 5.64. The number of alkyl halides is 3. The van der Waals surface area contributed by atoms with Crippen molar-refractivity contribution in [2.45, 2.75) is 13.1 Å². The zero-order valence-electron chi connectivity index (χ0n) is 15.4. The second-order valence-electron chi connectivity index (χ2n) is 6.27. The Balaban J connectivity index is 1.84. The first-order valence-electron chi connectivity index (χ1n) is 8.30. The van der Waals surface area contributed by atoms with Crippen LogP contribution in [0.2, 0.25) is 0 Å². The van der Waals surface area contributed by atoms with Gasteiger partial charge in [0.15, 0.2) is 0 Å². The first kappa shape index (κ1) is 19.8. The molecule has 2 aromatic heterocycles. The summed E-state index contributed by atoms with van der Waals surface area (Å²) < 4.78 is 39.2. The van der Waals surface area contributed by atoms with Crippen molar-refractivity contribution in [3.8, 4) is 11.1 Å². The van der Waals surface area contributed by atoms with Crippen LogP contribution in [0.25, 0.3) is 11.1 Å². The molecule has 9 heteroatoms. The van der Waals surface area contributed by atoms with Crippen LogP contribution in [0.3, 0.4) is 0 Å². The fourth-order valence-corrected chi connectivity index (χ4v) is 3.13. The molecule has 0 aliphatic rings. The van der Waals surface area contributed by atoms with Gasteiger partial charge in [0.05, 0.1) is 17.5 Å². The van der Waals surface area contributed by atoms with Crippen molar-refractivity contribution >= 4 is 28.5 Å². The lowest BCUT2D eigenvalue weighted by Crippen LogP contribution is -2.14. The number of nitrogens with one attached hydrogen (secondary N) is 1. The van der Waals surface area contributed by atoms with Crippen LogP contribution >= 0.6 is 11.3 Å². The molecule has 0 saturated carbocycles. The van der Waals surface area contributed by atoms with Gasteiger partial charge in [-0.3, -0.25) is 5.43 Å². The molecule has 0 fully saturated rings. The molecule has 0 spiro atoms. The fraction of sp³-hybridized carbons (Fsp3) is 0.211. The number of benzene rings is 1. The van der Waals surface area contributed by atoms with Crippen molar-refractivity contribution in [1.82, 2.24) is 9.97 Å². The minimum Gasteiger partial charge on any atom is -0.362 e. The van der Waals surface area contributed by atoms with Gasteiger partial charge in [0.25, 0.3) is 0 Å². The average molecular weight is 405 g/mol. The quantitative estimate of drug-likeness (QED) is 0.477. The molecule has 5 nitrogen and oxygen atoms in total. The van der Waals surface area contributed by atoms with E-state index in [9.17, 15) is 13.2 Å². The molecule has 0 atom stereocenters. The van der Waals surface area contributed by atoms with E-state index in [2.05, 4.69) is 20.5 Å². The van der Waals surface area contributed by atoms with E-state index in [4.69, 9.17) is 0 Å². The van der Waals surface area contributed by atoms with Crippen LogP contribution in [0.1, 0.15) is 16.8 Å². The molecular formula is C19H18F3N5S. The van der Waals surface area contributed by atoms with Crippen LogP contribution in [-0.2, 0) is 6.18 Å². The zero-order chi connectivity index (χ0) is 20.3. The van der Waals surface area contributed by atoms with E-state index in [1.807, 2.05) is 12.3 Å². The van der Waals surface area contributed by atoms with E-state index in [0.29, 0.717) is 22.1 Å². The Labute approximate surface area is 164 Å². The summed E-state index contributed by atoms with van der Waals surface area (Å²) in [6.45, 7) is 1.90. The number of anilines is 2. The van der Waals surface area contributed by atoms with Gasteiger partial charge in [-0.15, -0.1) is 11.3 Å². The second-order valence-corrected chi connectivity index (χ2v) is 7.13. The van der Waals surface area contributed by atoms with Crippen molar-refractivity contribution in [1.29, 1.82) is 0 Å². The predicted octanol–water partition coefficient (Wildman–Crippen LogP) is 5.04. The van der Waals surface area contributed by atoms with Crippen LogP contribution < -0.4 is 10.3 Å². The Bertz CT molecular complexity index is 978. The third kappa shape index (κ3) is 4.66. The minimum absolute atomic E-state index is 0.416. The maximum atomic E-state index is 13.1. The highest BCUT2D eigenvalue weighted by Gasteiger charge is 2.32. The van der Waals surface area contributed by atoms with E-state index in [0.717, 1.165) is 23.5 Å². The maximum absolute atomic E-state index is 13.1. The molecule has 0 aliphatic heterocycles. The molecule has 3 rings (SSSR count). The normalized spacial score (nSPS) is 11.8. The fourth-order valence-electron chi connectivity index (χ4n) is 2.50. The second kappa shape index (κ2) is 7.97. The van der Waals surface area contributed by atoms with Crippen molar-refractivity contribution in [3.63, 3.8) is 0 Å². The third-order valence-corrected chi connectivity index (χ3v) is 4.70. The van der Waals surface area contributed by atoms with Gasteiger partial charge in [-0.1, -0.05) is 24.3 Å². The van der Waals surface area contributed by atoms with E-state index in [1.165, 1.54) is 11.3 Å². The number of hydrogen-bond acceptors (Lipinski definition) is 6. The van der Waals surface area contributed by atoms with Gasteiger partial charge in [0.2, 0.25) is 5.13 Å². The van der Waals surface area contributed by atoms with Crippen LogP contribution in [0.4, 0.5) is 24.1 Å². The summed E-state index contributed by atoms with van der Waals surface area (Å²) in [7, 11) is 3.48. The number of nitrogens with zero attached hydrogens (tertiary/aromatic N) is 4. The standard InChI is InChI=1S/C19H18F3N5S/c1-12-11-28-18(25-12)26-24-9-13-4-6-14(7-5-13)16-8-15(19(20,21)22)10-23-17(16)27(2)3/h4-11H,1-3H3,(H,25,26). The molecule has 2 heterocycles. The van der Waals surface area contributed by atoms with Crippen LogP contribution in [0.15, 0.2) is 47.0 Å². The summed E-state index contributed by atoms with van der Waals surface area (Å²) in [5, 5.41) is 6.73. The van der Waals surface area contributed by atoms with Gasteiger partial charge < -0.3 is 4.90 Å². The Morgan fingerprint density at radius 2 is 1.89 bits per heavy atom. The van der Waals surface area contributed by atoms with E-state index in [1.54, 1.807) is 49.5 Å². The lowest BCUT2D eigenvalue weighted by atomic mass is 10.0. The topological polar surface area (TPSA) is 53.4 Å². The minimum atomic E-state index is -4.45. The smallest absolute Gasteiger partial charge is 0.362 e. The summed E-state index contributed by atoms with van der Waals surface area (Å²) in [5.74, 6) is 0.468. The van der Waals surface area contributed by atoms with Crippen molar-refractivity contribution in [2.75, 3.05) is 24.4 Å². The molecule has 0 radical (unpaired) electrons. The van der Waals surface area contributed by atoms with Crippen molar-refractivity contribution < 1.29 is 13.2 Å². The molecule has 0 saturated heterocycles. The highest BCUT2D eigenvalue weighted by atomic mass is 32.1. The third-order valence-electron chi connectivity index (χ3n) is 3.83.